The Morgan fingerprint density at radius 1 is 0.963 bits per heavy atom. The number of carbonyl (C=O) groups excluding carboxylic acids is 2. The maximum atomic E-state index is 13.2. The van der Waals surface area contributed by atoms with E-state index in [4.69, 9.17) is 0 Å². The lowest BCUT2D eigenvalue weighted by molar-refractivity contribution is 0.0715. The summed E-state index contributed by atoms with van der Waals surface area (Å²) >= 11 is 0. The monoisotopic (exact) mass is 367 g/mol. The number of nitrogens with one attached hydrogen (secondary N) is 1. The second-order valence-electron chi connectivity index (χ2n) is 8.30. The topological polar surface area (TPSA) is 56.4 Å². The number of hydrogen-bond donors (Lipinski definition) is 1. The van der Waals surface area contributed by atoms with E-state index in [0.29, 0.717) is 31.9 Å². The van der Waals surface area contributed by atoms with E-state index < -0.39 is 0 Å². The molecule has 0 radical (unpaired) electrons. The fraction of sp³-hybridized carbons (Fsp3) is 0.455. The summed E-state index contributed by atoms with van der Waals surface area (Å²) in [5.41, 5.74) is 3.53. The highest BCUT2D eigenvalue weighted by Gasteiger charge is 2.25. The second-order valence-corrected chi connectivity index (χ2v) is 8.30. The van der Waals surface area contributed by atoms with E-state index in [9.17, 15) is 9.59 Å². The van der Waals surface area contributed by atoms with Gasteiger partial charge in [0.1, 0.15) is 5.69 Å². The van der Waals surface area contributed by atoms with Crippen molar-refractivity contribution < 1.29 is 9.59 Å². The number of aromatic nitrogens is 1. The van der Waals surface area contributed by atoms with Crippen molar-refractivity contribution in [3.63, 3.8) is 0 Å². The summed E-state index contributed by atoms with van der Waals surface area (Å²) in [6.45, 7) is 10.9. The van der Waals surface area contributed by atoms with Crippen molar-refractivity contribution in [1.29, 1.82) is 0 Å². The molecule has 3 rings (SSSR count). The van der Waals surface area contributed by atoms with Crippen molar-refractivity contribution in [2.45, 2.75) is 39.5 Å². The van der Waals surface area contributed by atoms with Crippen LogP contribution in [0, 0.1) is 6.92 Å². The lowest BCUT2D eigenvalue weighted by atomic mass is 9.85. The quantitative estimate of drug-likeness (QED) is 0.881. The standard InChI is InChI=1S/C22H29N3O2/c1-16-8-9-17(22(2,3)4)15-18(16)20(26)24-11-6-12-25(14-13-24)21(27)19-7-5-10-23-19/h5,7-10,15,23H,6,11-14H2,1-4H3. The van der Waals surface area contributed by atoms with Crippen molar-refractivity contribution in [1.82, 2.24) is 14.8 Å². The summed E-state index contributed by atoms with van der Waals surface area (Å²) in [4.78, 5) is 32.4. The third kappa shape index (κ3) is 4.24. The Morgan fingerprint density at radius 3 is 2.22 bits per heavy atom. The third-order valence-electron chi connectivity index (χ3n) is 5.23. The highest BCUT2D eigenvalue weighted by Crippen LogP contribution is 2.25. The predicted octanol–water partition coefficient (Wildman–Crippen LogP) is 3.61. The minimum atomic E-state index is 0.000194. The van der Waals surface area contributed by atoms with Gasteiger partial charge in [0.2, 0.25) is 0 Å². The van der Waals surface area contributed by atoms with Crippen molar-refractivity contribution in [3.05, 3.63) is 58.9 Å². The first-order valence-corrected chi connectivity index (χ1v) is 9.60. The van der Waals surface area contributed by atoms with E-state index in [2.05, 4.69) is 31.8 Å². The Bertz CT molecular complexity index is 819. The maximum absolute atomic E-state index is 13.2. The van der Waals surface area contributed by atoms with Crippen LogP contribution >= 0.6 is 0 Å². The zero-order chi connectivity index (χ0) is 19.6. The van der Waals surface area contributed by atoms with E-state index in [1.807, 2.05) is 34.9 Å². The van der Waals surface area contributed by atoms with E-state index in [-0.39, 0.29) is 17.2 Å². The molecule has 144 valence electrons. The third-order valence-corrected chi connectivity index (χ3v) is 5.23. The van der Waals surface area contributed by atoms with Crippen LogP contribution in [0.25, 0.3) is 0 Å². The van der Waals surface area contributed by atoms with E-state index in [0.717, 1.165) is 23.1 Å². The second kappa shape index (κ2) is 7.59. The molecule has 1 fully saturated rings. The molecule has 1 aromatic carbocycles. The SMILES string of the molecule is Cc1ccc(C(C)(C)C)cc1C(=O)N1CCCN(C(=O)c2ccc[nH]2)CC1. The maximum Gasteiger partial charge on any atom is 0.270 e. The van der Waals surface area contributed by atoms with Gasteiger partial charge in [-0.1, -0.05) is 32.9 Å². The zero-order valence-electron chi connectivity index (χ0n) is 16.7. The Hall–Kier alpha value is -2.56. The molecule has 0 aliphatic carbocycles. The number of aryl methyl sites for hydroxylation is 1. The van der Waals surface area contributed by atoms with Crippen LogP contribution in [0.2, 0.25) is 0 Å². The van der Waals surface area contributed by atoms with Gasteiger partial charge in [-0.2, -0.15) is 0 Å². The average molecular weight is 367 g/mol. The van der Waals surface area contributed by atoms with Gasteiger partial charge in [-0.3, -0.25) is 9.59 Å². The summed E-state index contributed by atoms with van der Waals surface area (Å²) < 4.78 is 0. The molecule has 0 spiro atoms. The van der Waals surface area contributed by atoms with E-state index in [1.165, 1.54) is 0 Å². The van der Waals surface area contributed by atoms with Gasteiger partial charge in [-0.25, -0.2) is 0 Å². The molecule has 27 heavy (non-hydrogen) atoms. The molecular formula is C22H29N3O2. The number of rotatable bonds is 2. The van der Waals surface area contributed by atoms with Crippen LogP contribution in [0.15, 0.2) is 36.5 Å². The van der Waals surface area contributed by atoms with Gasteiger partial charge in [-0.15, -0.1) is 0 Å². The Morgan fingerprint density at radius 2 is 1.63 bits per heavy atom. The first-order valence-electron chi connectivity index (χ1n) is 9.60. The molecule has 5 nitrogen and oxygen atoms in total. The molecule has 2 aromatic rings. The van der Waals surface area contributed by atoms with E-state index in [1.54, 1.807) is 12.3 Å². The van der Waals surface area contributed by atoms with E-state index >= 15 is 0 Å². The summed E-state index contributed by atoms with van der Waals surface area (Å²) in [7, 11) is 0. The number of amides is 2. The minimum Gasteiger partial charge on any atom is -0.357 e. The van der Waals surface area contributed by atoms with Crippen molar-refractivity contribution in [2.75, 3.05) is 26.2 Å². The van der Waals surface area contributed by atoms with Crippen molar-refractivity contribution in [2.24, 2.45) is 0 Å². The zero-order valence-corrected chi connectivity index (χ0v) is 16.7. The fourth-order valence-corrected chi connectivity index (χ4v) is 3.45. The van der Waals surface area contributed by atoms with Crippen LogP contribution in [0.4, 0.5) is 0 Å². The molecule has 1 aliphatic heterocycles. The fourth-order valence-electron chi connectivity index (χ4n) is 3.45. The molecule has 2 heterocycles. The molecule has 0 bridgehead atoms. The smallest absolute Gasteiger partial charge is 0.270 e. The van der Waals surface area contributed by atoms with Crippen LogP contribution in [0.5, 0.6) is 0 Å². The molecule has 0 saturated carbocycles. The number of benzene rings is 1. The molecule has 1 aliphatic rings. The van der Waals surface area contributed by atoms with Crippen molar-refractivity contribution in [3.8, 4) is 0 Å². The summed E-state index contributed by atoms with van der Waals surface area (Å²) in [5, 5.41) is 0. The van der Waals surface area contributed by atoms with Crippen LogP contribution in [-0.2, 0) is 5.41 Å². The number of hydrogen-bond acceptors (Lipinski definition) is 2. The average Bonchev–Trinajstić information content (AvgIpc) is 3.04. The highest BCUT2D eigenvalue weighted by molar-refractivity contribution is 5.96. The van der Waals surface area contributed by atoms with Gasteiger partial charge in [0.05, 0.1) is 0 Å². The Kier molecular flexibility index (Phi) is 5.40. The number of nitrogens with zero attached hydrogens (tertiary/aromatic N) is 2. The molecule has 1 saturated heterocycles. The highest BCUT2D eigenvalue weighted by atomic mass is 16.2. The Balaban J connectivity index is 1.74. The molecule has 5 heteroatoms. The lowest BCUT2D eigenvalue weighted by Crippen LogP contribution is -2.37. The largest absolute Gasteiger partial charge is 0.357 e. The summed E-state index contributed by atoms with van der Waals surface area (Å²) in [6, 6.07) is 9.78. The summed E-state index contributed by atoms with van der Waals surface area (Å²) in [5.74, 6) is 0.0629. The van der Waals surface area contributed by atoms with Gasteiger partial charge >= 0.3 is 0 Å². The van der Waals surface area contributed by atoms with Gasteiger partial charge in [-0.05, 0) is 48.1 Å². The Labute approximate surface area is 161 Å². The molecule has 1 N–H and O–H groups in total. The number of aromatic amines is 1. The van der Waals surface area contributed by atoms with Crippen molar-refractivity contribution >= 4 is 11.8 Å². The molecule has 1 aromatic heterocycles. The van der Waals surface area contributed by atoms with Gasteiger partial charge in [0, 0.05) is 37.9 Å². The molecular weight excluding hydrogens is 338 g/mol. The van der Waals surface area contributed by atoms with Crippen LogP contribution in [-0.4, -0.2) is 52.8 Å². The minimum absolute atomic E-state index is 0.000194. The predicted molar refractivity (Wildman–Crippen MR) is 107 cm³/mol. The first kappa shape index (κ1) is 19.2. The van der Waals surface area contributed by atoms with Gasteiger partial charge in [0.15, 0.2) is 0 Å². The molecule has 2 amide bonds. The molecule has 0 atom stereocenters. The van der Waals surface area contributed by atoms with Gasteiger partial charge < -0.3 is 14.8 Å². The van der Waals surface area contributed by atoms with Crippen LogP contribution in [0.1, 0.15) is 59.2 Å². The number of H-pyrrole nitrogens is 1. The van der Waals surface area contributed by atoms with Crippen LogP contribution in [0.3, 0.4) is 0 Å². The summed E-state index contributed by atoms with van der Waals surface area (Å²) in [6.07, 6.45) is 2.54. The van der Waals surface area contributed by atoms with Crippen LogP contribution < -0.4 is 0 Å². The first-order chi connectivity index (χ1) is 12.8. The van der Waals surface area contributed by atoms with Gasteiger partial charge in [0.25, 0.3) is 11.8 Å². The number of carbonyl (C=O) groups is 2. The lowest BCUT2D eigenvalue weighted by Gasteiger charge is -2.25. The normalized spacial score (nSPS) is 15.6. The molecule has 0 unspecified atom stereocenters.